The first-order valence-corrected chi connectivity index (χ1v) is 14.9. The Morgan fingerprint density at radius 1 is 1.15 bits per heavy atom. The van der Waals surface area contributed by atoms with Crippen molar-refractivity contribution in [3.8, 4) is 5.75 Å². The number of halogens is 2. The van der Waals surface area contributed by atoms with Gasteiger partial charge in [-0.05, 0) is 18.1 Å². The van der Waals surface area contributed by atoms with Gasteiger partial charge in [0.1, 0.15) is 33.6 Å². The minimum absolute atomic E-state index is 0.0173. The van der Waals surface area contributed by atoms with Crippen LogP contribution in [0.25, 0.3) is 0 Å². The molecular weight excluding hydrogens is 560 g/mol. The van der Waals surface area contributed by atoms with Crippen molar-refractivity contribution in [1.82, 2.24) is 14.8 Å². The molecule has 5 rings (SSSR count). The van der Waals surface area contributed by atoms with E-state index in [1.165, 1.54) is 21.7 Å². The number of nitrogens with zero attached hydrogens (tertiary/aromatic N) is 2. The van der Waals surface area contributed by atoms with Crippen molar-refractivity contribution in [2.45, 2.75) is 38.4 Å². The van der Waals surface area contributed by atoms with Gasteiger partial charge in [-0.15, -0.1) is 0 Å². The second kappa shape index (κ2) is 11.4. The minimum atomic E-state index is -3.29. The second-order valence-electron chi connectivity index (χ2n) is 9.97. The zero-order chi connectivity index (χ0) is 29.3. The summed E-state index contributed by atoms with van der Waals surface area (Å²) in [6, 6.07) is 11.3. The topological polar surface area (TPSA) is 124 Å². The van der Waals surface area contributed by atoms with Crippen molar-refractivity contribution in [3.63, 3.8) is 0 Å². The molecule has 0 saturated carbocycles. The summed E-state index contributed by atoms with van der Waals surface area (Å²) in [7, 11) is -3.29. The van der Waals surface area contributed by atoms with E-state index in [2.05, 4.69) is 5.32 Å². The van der Waals surface area contributed by atoms with E-state index >= 15 is 0 Å². The van der Waals surface area contributed by atoms with Crippen LogP contribution in [-0.2, 0) is 34.3 Å². The maximum atomic E-state index is 14.1. The van der Waals surface area contributed by atoms with Gasteiger partial charge in [0.05, 0.1) is 24.9 Å². The highest BCUT2D eigenvalue weighted by atomic mass is 32.2. The summed E-state index contributed by atoms with van der Waals surface area (Å²) in [4.78, 5) is 41.9. The number of benzene rings is 2. The summed E-state index contributed by atoms with van der Waals surface area (Å²) < 4.78 is 63.9. The van der Waals surface area contributed by atoms with Crippen molar-refractivity contribution >= 4 is 21.7 Å². The standard InChI is InChI=1S/C28H27F2N3O7S/c1-41(37,38)10-9-20-16-39-23-14-32-13-21(27(35)31-12-18-7-8-19(29)11-22(18)30)25(34)26(24(32)28(36)33(20)23)40-15-17-5-3-2-4-6-17/h2-8,11,13,20,23H,9-10,12,14-16H2,1H3,(H,31,35)/t20-,23+/m1/s1. The zero-order valence-corrected chi connectivity index (χ0v) is 22.8. The van der Waals surface area contributed by atoms with E-state index in [1.54, 1.807) is 24.3 Å². The smallest absolute Gasteiger partial charge is 0.276 e. The molecule has 0 unspecified atom stereocenters. The van der Waals surface area contributed by atoms with Crippen molar-refractivity contribution in [3.05, 3.63) is 99.0 Å². The fourth-order valence-electron chi connectivity index (χ4n) is 4.88. The van der Waals surface area contributed by atoms with Crippen LogP contribution < -0.4 is 15.5 Å². The molecule has 2 aliphatic rings. The highest BCUT2D eigenvalue weighted by Crippen LogP contribution is 2.32. The predicted octanol–water partition coefficient (Wildman–Crippen LogP) is 2.25. The first-order valence-electron chi connectivity index (χ1n) is 12.8. The Morgan fingerprint density at radius 2 is 1.90 bits per heavy atom. The van der Waals surface area contributed by atoms with Gasteiger partial charge in [-0.3, -0.25) is 14.4 Å². The van der Waals surface area contributed by atoms with Crippen molar-refractivity contribution in [1.29, 1.82) is 0 Å². The number of hydrogen-bond acceptors (Lipinski definition) is 7. The van der Waals surface area contributed by atoms with Gasteiger partial charge in [0.15, 0.2) is 17.7 Å². The van der Waals surface area contributed by atoms with Crippen LogP contribution in [0, 0.1) is 11.6 Å². The van der Waals surface area contributed by atoms with Gasteiger partial charge in [-0.2, -0.15) is 0 Å². The number of carbonyl (C=O) groups is 2. The van der Waals surface area contributed by atoms with Gasteiger partial charge in [0.25, 0.3) is 11.8 Å². The molecule has 1 saturated heterocycles. The van der Waals surface area contributed by atoms with Gasteiger partial charge in [-0.1, -0.05) is 36.4 Å². The third-order valence-electron chi connectivity index (χ3n) is 6.96. The SMILES string of the molecule is CS(=O)(=O)CC[C@@H]1CO[C@H]2Cn3cc(C(=O)NCc4ccc(F)cc4F)c(=O)c(OCc4ccccc4)c3C(=O)N12. The fraction of sp³-hybridized carbons (Fsp3) is 0.321. The number of nitrogens with one attached hydrogen (secondary N) is 1. The Kier molecular flexibility index (Phi) is 7.91. The number of amides is 2. The molecule has 2 aromatic carbocycles. The largest absolute Gasteiger partial charge is 0.483 e. The molecule has 41 heavy (non-hydrogen) atoms. The Labute approximate surface area is 234 Å². The monoisotopic (exact) mass is 587 g/mol. The molecule has 0 radical (unpaired) electrons. The van der Waals surface area contributed by atoms with Crippen LogP contribution in [0.3, 0.4) is 0 Å². The van der Waals surface area contributed by atoms with Crippen LogP contribution in [0.2, 0.25) is 0 Å². The Morgan fingerprint density at radius 3 is 2.61 bits per heavy atom. The Balaban J connectivity index is 1.48. The molecule has 1 aromatic heterocycles. The molecule has 0 bridgehead atoms. The summed E-state index contributed by atoms with van der Waals surface area (Å²) in [6.45, 7) is -0.209. The lowest BCUT2D eigenvalue weighted by Gasteiger charge is -2.35. The lowest BCUT2D eigenvalue weighted by atomic mass is 10.1. The lowest BCUT2D eigenvalue weighted by molar-refractivity contribution is 0.00543. The number of carbonyl (C=O) groups excluding carboxylic acids is 2. The van der Waals surface area contributed by atoms with Crippen molar-refractivity contribution in [2.75, 3.05) is 18.6 Å². The molecule has 2 aliphatic heterocycles. The van der Waals surface area contributed by atoms with E-state index in [4.69, 9.17) is 9.47 Å². The third-order valence-corrected chi connectivity index (χ3v) is 7.94. The van der Waals surface area contributed by atoms with E-state index in [9.17, 15) is 31.6 Å². The average molecular weight is 588 g/mol. The molecule has 1 N–H and O–H groups in total. The molecule has 0 aliphatic carbocycles. The van der Waals surface area contributed by atoms with Gasteiger partial charge >= 0.3 is 0 Å². The van der Waals surface area contributed by atoms with E-state index in [-0.39, 0.29) is 61.0 Å². The first-order chi connectivity index (χ1) is 19.5. The second-order valence-corrected chi connectivity index (χ2v) is 12.2. The Hall–Kier alpha value is -4.10. The van der Waals surface area contributed by atoms with Crippen molar-refractivity contribution < 1.29 is 36.3 Å². The van der Waals surface area contributed by atoms with Crippen LogP contribution in [0.1, 0.15) is 38.4 Å². The quantitative estimate of drug-likeness (QED) is 0.407. The number of hydrogen-bond donors (Lipinski definition) is 1. The zero-order valence-electron chi connectivity index (χ0n) is 22.0. The molecule has 3 heterocycles. The van der Waals surface area contributed by atoms with Crippen LogP contribution in [-0.4, -0.2) is 60.6 Å². The number of rotatable bonds is 9. The highest BCUT2D eigenvalue weighted by Gasteiger charge is 2.45. The number of ether oxygens (including phenoxy) is 2. The average Bonchev–Trinajstić information content (AvgIpc) is 3.34. The van der Waals surface area contributed by atoms with E-state index < -0.39 is 51.0 Å². The van der Waals surface area contributed by atoms with Gasteiger partial charge in [-0.25, -0.2) is 17.2 Å². The van der Waals surface area contributed by atoms with E-state index in [0.29, 0.717) is 11.6 Å². The summed E-state index contributed by atoms with van der Waals surface area (Å²) in [5, 5.41) is 2.47. The van der Waals surface area contributed by atoms with Crippen LogP contribution in [0.4, 0.5) is 8.78 Å². The van der Waals surface area contributed by atoms with Gasteiger partial charge < -0.3 is 24.3 Å². The van der Waals surface area contributed by atoms with Crippen LogP contribution in [0.5, 0.6) is 5.75 Å². The third kappa shape index (κ3) is 6.15. The minimum Gasteiger partial charge on any atom is -0.483 e. The van der Waals surface area contributed by atoms with Crippen LogP contribution in [0.15, 0.2) is 59.5 Å². The highest BCUT2D eigenvalue weighted by molar-refractivity contribution is 7.90. The maximum Gasteiger partial charge on any atom is 0.276 e. The lowest BCUT2D eigenvalue weighted by Crippen LogP contribution is -2.50. The first kappa shape index (κ1) is 28.4. The molecule has 0 spiro atoms. The number of pyridine rings is 1. The molecule has 2 atom stereocenters. The summed E-state index contributed by atoms with van der Waals surface area (Å²) >= 11 is 0. The fourth-order valence-corrected chi connectivity index (χ4v) is 5.58. The molecule has 3 aromatic rings. The van der Waals surface area contributed by atoms with Gasteiger partial charge in [0.2, 0.25) is 5.43 Å². The number of sulfone groups is 1. The molecular formula is C28H27F2N3O7S. The Bertz CT molecular complexity index is 1660. The van der Waals surface area contributed by atoms with E-state index in [1.807, 2.05) is 6.07 Å². The predicted molar refractivity (Wildman–Crippen MR) is 143 cm³/mol. The maximum absolute atomic E-state index is 14.1. The number of fused-ring (bicyclic) bond motifs is 2. The molecule has 13 heteroatoms. The summed E-state index contributed by atoms with van der Waals surface area (Å²) in [5.74, 6) is -3.53. The molecule has 2 amide bonds. The normalized spacial score (nSPS) is 18.1. The molecule has 10 nitrogen and oxygen atoms in total. The van der Waals surface area contributed by atoms with E-state index in [0.717, 1.165) is 12.3 Å². The summed E-state index contributed by atoms with van der Waals surface area (Å²) in [5.41, 5.74) is -0.540. The van der Waals surface area contributed by atoms with Crippen LogP contribution >= 0.6 is 0 Å². The molecule has 216 valence electrons. The van der Waals surface area contributed by atoms with Gasteiger partial charge in [0, 0.05) is 30.6 Å². The van der Waals surface area contributed by atoms with Crippen molar-refractivity contribution in [2.24, 2.45) is 0 Å². The number of aromatic nitrogens is 1. The summed E-state index contributed by atoms with van der Waals surface area (Å²) in [6.07, 6.45) is 1.76. The molecule has 1 fully saturated rings.